The zero-order chi connectivity index (χ0) is 9.73. The van der Waals surface area contributed by atoms with Gasteiger partial charge in [-0.1, -0.05) is 38.8 Å². The Labute approximate surface area is 83.8 Å². The second-order valence-electron chi connectivity index (χ2n) is 4.34. The van der Waals surface area contributed by atoms with Crippen LogP contribution >= 0.6 is 0 Å². The van der Waals surface area contributed by atoms with Gasteiger partial charge in [0.2, 0.25) is 0 Å². The van der Waals surface area contributed by atoms with Gasteiger partial charge in [-0.05, 0) is 6.17 Å². The van der Waals surface area contributed by atoms with Crippen molar-refractivity contribution in [2.45, 2.75) is 38.8 Å². The van der Waals surface area contributed by atoms with Gasteiger partial charge in [-0.2, -0.15) is 0 Å². The molecule has 1 saturated heterocycles. The second-order valence-corrected chi connectivity index (χ2v) is 8.79. The summed E-state index contributed by atoms with van der Waals surface area (Å²) in [5.74, 6) is 0. The van der Waals surface area contributed by atoms with E-state index in [1.54, 1.807) is 0 Å². The van der Waals surface area contributed by atoms with Crippen molar-refractivity contribution in [3.8, 4) is 0 Å². The first kappa shape index (κ1) is 11.0. The van der Waals surface area contributed by atoms with E-state index in [2.05, 4.69) is 31.0 Å². The minimum absolute atomic E-state index is 1.08. The Morgan fingerprint density at radius 3 is 2.08 bits per heavy atom. The molecular weight excluding hydrogens is 174 g/mol. The van der Waals surface area contributed by atoms with Gasteiger partial charge >= 0.3 is 0 Å². The van der Waals surface area contributed by atoms with Crippen LogP contribution in [0.1, 0.15) is 26.7 Å². The molecule has 13 heavy (non-hydrogen) atoms. The maximum atomic E-state index is 4.09. The number of hydrogen-bond donors (Lipinski definition) is 0. The lowest BCUT2D eigenvalue weighted by Gasteiger charge is -2.28. The molecule has 0 bridgehead atoms. The molecule has 0 atom stereocenters. The van der Waals surface area contributed by atoms with Crippen molar-refractivity contribution in [1.29, 1.82) is 0 Å². The molecule has 0 unspecified atom stereocenters. The molecule has 1 fully saturated rings. The summed E-state index contributed by atoms with van der Waals surface area (Å²) in [4.78, 5) is 2.58. The molecule has 0 N–H and O–H groups in total. The second kappa shape index (κ2) is 4.96. The van der Waals surface area contributed by atoms with E-state index >= 15 is 0 Å². The molecule has 1 aliphatic rings. The van der Waals surface area contributed by atoms with Crippen LogP contribution in [0.5, 0.6) is 0 Å². The summed E-state index contributed by atoms with van der Waals surface area (Å²) in [7, 11) is -1.08. The first-order chi connectivity index (χ1) is 6.26. The van der Waals surface area contributed by atoms with E-state index in [0.29, 0.717) is 0 Å². The van der Waals surface area contributed by atoms with Crippen molar-refractivity contribution in [2.24, 2.45) is 0 Å². The summed E-state index contributed by atoms with van der Waals surface area (Å²) in [5.41, 5.74) is 2.35. The zero-order valence-corrected chi connectivity index (χ0v) is 10.2. The fourth-order valence-electron chi connectivity index (χ4n) is 2.22. The van der Waals surface area contributed by atoms with Gasteiger partial charge in [0.15, 0.2) is 0 Å². The molecule has 1 aliphatic heterocycles. The highest BCUT2D eigenvalue weighted by molar-refractivity contribution is 6.84. The van der Waals surface area contributed by atoms with E-state index in [1.807, 2.05) is 0 Å². The van der Waals surface area contributed by atoms with Crippen molar-refractivity contribution in [3.05, 3.63) is 12.3 Å². The predicted molar refractivity (Wildman–Crippen MR) is 62.6 cm³/mol. The molecule has 76 valence electrons. The Kier molecular flexibility index (Phi) is 4.20. The average Bonchev–Trinajstić information content (AvgIpc) is 2.89. The highest BCUT2D eigenvalue weighted by atomic mass is 28.3. The molecule has 1 nitrogen and oxygen atoms in total. The third kappa shape index (κ3) is 3.28. The van der Waals surface area contributed by atoms with Gasteiger partial charge in [-0.15, -0.1) is 12.3 Å². The third-order valence-electron chi connectivity index (χ3n) is 3.01. The molecule has 1 rings (SSSR count). The Balaban J connectivity index is 2.49. The van der Waals surface area contributed by atoms with Crippen molar-refractivity contribution in [1.82, 2.24) is 4.90 Å². The van der Waals surface area contributed by atoms with E-state index in [1.165, 1.54) is 44.2 Å². The van der Waals surface area contributed by atoms with Crippen LogP contribution in [0.15, 0.2) is 12.3 Å². The maximum absolute atomic E-state index is 4.09. The lowest BCUT2D eigenvalue weighted by molar-refractivity contribution is 0.641. The van der Waals surface area contributed by atoms with Crippen molar-refractivity contribution >= 4 is 8.07 Å². The molecular formula is C11H23NSi. The minimum atomic E-state index is -1.08. The minimum Gasteiger partial charge on any atom is -0.303 e. The molecule has 0 saturated carbocycles. The molecule has 0 aliphatic carbocycles. The lowest BCUT2D eigenvalue weighted by Crippen LogP contribution is -2.40. The van der Waals surface area contributed by atoms with Gasteiger partial charge in [0.25, 0.3) is 0 Å². The molecule has 2 heteroatoms. The van der Waals surface area contributed by atoms with Crippen LogP contribution in [0.3, 0.4) is 0 Å². The number of rotatable bonds is 7. The molecule has 1 heterocycles. The van der Waals surface area contributed by atoms with Crippen LogP contribution in [-0.4, -0.2) is 32.2 Å². The average molecular weight is 197 g/mol. The van der Waals surface area contributed by atoms with Crippen LogP contribution in [-0.2, 0) is 0 Å². The van der Waals surface area contributed by atoms with Crippen molar-refractivity contribution in [2.75, 3.05) is 19.3 Å². The highest BCUT2D eigenvalue weighted by Crippen LogP contribution is 2.24. The summed E-state index contributed by atoms with van der Waals surface area (Å²) >= 11 is 0. The van der Waals surface area contributed by atoms with Crippen LogP contribution in [0.4, 0.5) is 0 Å². The van der Waals surface area contributed by atoms with Crippen LogP contribution in [0, 0.1) is 0 Å². The highest BCUT2D eigenvalue weighted by Gasteiger charge is 2.33. The fraction of sp³-hybridized carbons (Fsp3) is 0.818. The molecule has 0 aromatic rings. The van der Waals surface area contributed by atoms with Crippen LogP contribution in [0.25, 0.3) is 0 Å². The maximum Gasteiger partial charge on any atom is 0.0915 e. The van der Waals surface area contributed by atoms with E-state index < -0.39 is 8.07 Å². The lowest BCUT2D eigenvalue weighted by atomic mass is 10.6. The molecule has 0 radical (unpaired) electrons. The molecule has 0 aromatic heterocycles. The van der Waals surface area contributed by atoms with E-state index in [9.17, 15) is 0 Å². The smallest absolute Gasteiger partial charge is 0.0915 e. The van der Waals surface area contributed by atoms with Gasteiger partial charge in [0.05, 0.1) is 8.07 Å². The number of nitrogens with zero attached hydrogens (tertiary/aromatic N) is 1. The van der Waals surface area contributed by atoms with E-state index in [0.717, 1.165) is 0 Å². The Bertz CT molecular complexity index is 157. The molecule has 0 amide bonds. The predicted octanol–water partition coefficient (Wildman–Crippen LogP) is 2.84. The molecule has 0 aromatic carbocycles. The largest absolute Gasteiger partial charge is 0.303 e. The SMILES string of the molecule is C=C[Si](CCC)(CCC)CN1CC1. The van der Waals surface area contributed by atoms with Gasteiger partial charge in [0, 0.05) is 13.1 Å². The van der Waals surface area contributed by atoms with E-state index in [4.69, 9.17) is 0 Å². The van der Waals surface area contributed by atoms with Crippen LogP contribution in [0.2, 0.25) is 12.1 Å². The topological polar surface area (TPSA) is 3.01 Å². The summed E-state index contributed by atoms with van der Waals surface area (Å²) in [6.07, 6.45) is 4.07. The standard InChI is InChI=1S/C11H23NSi/c1-4-9-13(6-3,10-5-2)11-12-7-8-12/h6H,3-5,7-11H2,1-2H3. The summed E-state index contributed by atoms with van der Waals surface area (Å²) in [6, 6.07) is 2.89. The summed E-state index contributed by atoms with van der Waals surface area (Å²) in [6.45, 7) is 11.4. The monoisotopic (exact) mass is 197 g/mol. The fourth-order valence-corrected chi connectivity index (χ4v) is 6.52. The van der Waals surface area contributed by atoms with Crippen LogP contribution < -0.4 is 0 Å². The quantitative estimate of drug-likeness (QED) is 0.448. The van der Waals surface area contributed by atoms with Crippen molar-refractivity contribution < 1.29 is 0 Å². The van der Waals surface area contributed by atoms with E-state index in [-0.39, 0.29) is 0 Å². The van der Waals surface area contributed by atoms with Gasteiger partial charge in [-0.3, -0.25) is 0 Å². The summed E-state index contributed by atoms with van der Waals surface area (Å²) < 4.78 is 0. The Morgan fingerprint density at radius 2 is 1.77 bits per heavy atom. The third-order valence-corrected chi connectivity index (χ3v) is 7.94. The van der Waals surface area contributed by atoms with Crippen molar-refractivity contribution in [3.63, 3.8) is 0 Å². The Hall–Kier alpha value is -0.0831. The molecule has 0 spiro atoms. The van der Waals surface area contributed by atoms with Gasteiger partial charge in [0.1, 0.15) is 0 Å². The Morgan fingerprint density at radius 1 is 1.23 bits per heavy atom. The first-order valence-electron chi connectivity index (χ1n) is 5.62. The normalized spacial score (nSPS) is 17.4. The van der Waals surface area contributed by atoms with Gasteiger partial charge in [-0.25, -0.2) is 0 Å². The zero-order valence-electron chi connectivity index (χ0n) is 9.18. The number of hydrogen-bond acceptors (Lipinski definition) is 1. The first-order valence-corrected chi connectivity index (χ1v) is 8.32. The van der Waals surface area contributed by atoms with Gasteiger partial charge < -0.3 is 4.90 Å². The summed E-state index contributed by atoms with van der Waals surface area (Å²) in [5, 5.41) is 0.